The van der Waals surface area contributed by atoms with E-state index in [-0.39, 0.29) is 34.2 Å². The molecule has 2 atom stereocenters. The molecule has 8 nitrogen and oxygen atoms in total. The van der Waals surface area contributed by atoms with Crippen LogP contribution in [0.15, 0.2) is 24.3 Å². The number of para-hydroxylation sites is 2. The first-order valence-corrected chi connectivity index (χ1v) is 9.35. The summed E-state index contributed by atoms with van der Waals surface area (Å²) in [5.74, 6) is -0.315. The first-order chi connectivity index (χ1) is 13.5. The minimum atomic E-state index is -0.984. The topological polar surface area (TPSA) is 121 Å². The molecule has 0 aliphatic carbocycles. The molecule has 2 unspecified atom stereocenters. The standard InChI is InChI=1S/C19H18N2O6S/c1-3-24-19(23)16-12(11(8-20)17(21)28-16)9-25-18(22)15-10(2)26-13-6-4-5-7-14(13)27-15/h4-7,10,15H,3,9,21H2,1-2H3. The van der Waals surface area contributed by atoms with Crippen LogP contribution >= 0.6 is 11.3 Å². The average molecular weight is 402 g/mol. The maximum absolute atomic E-state index is 12.6. The zero-order valence-electron chi connectivity index (χ0n) is 15.3. The summed E-state index contributed by atoms with van der Waals surface area (Å²) in [6, 6.07) is 8.93. The van der Waals surface area contributed by atoms with E-state index in [4.69, 9.17) is 24.7 Å². The summed E-state index contributed by atoms with van der Waals surface area (Å²) < 4.78 is 21.7. The third-order valence-corrected chi connectivity index (χ3v) is 5.08. The molecule has 0 saturated heterocycles. The lowest BCUT2D eigenvalue weighted by atomic mass is 10.1. The molecule has 2 N–H and O–H groups in total. The van der Waals surface area contributed by atoms with Gasteiger partial charge in [0.05, 0.1) is 12.2 Å². The molecule has 9 heteroatoms. The summed E-state index contributed by atoms with van der Waals surface area (Å²) in [6.45, 7) is 3.22. The SMILES string of the molecule is CCOC(=O)c1sc(N)c(C#N)c1COC(=O)C1Oc2ccccc2OC1C. The lowest BCUT2D eigenvalue weighted by Crippen LogP contribution is -2.44. The van der Waals surface area contributed by atoms with E-state index in [1.807, 2.05) is 6.07 Å². The van der Waals surface area contributed by atoms with Gasteiger partial charge in [0.2, 0.25) is 6.10 Å². The quantitative estimate of drug-likeness (QED) is 0.758. The number of rotatable bonds is 5. The monoisotopic (exact) mass is 402 g/mol. The van der Waals surface area contributed by atoms with Crippen molar-refractivity contribution in [1.82, 2.24) is 0 Å². The van der Waals surface area contributed by atoms with E-state index in [2.05, 4.69) is 0 Å². The van der Waals surface area contributed by atoms with Gasteiger partial charge < -0.3 is 24.7 Å². The second-order valence-electron chi connectivity index (χ2n) is 5.90. The number of nitrogens with zero attached hydrogens (tertiary/aromatic N) is 1. The molecule has 1 aliphatic rings. The molecular weight excluding hydrogens is 384 g/mol. The van der Waals surface area contributed by atoms with E-state index in [1.165, 1.54) is 0 Å². The summed E-state index contributed by atoms with van der Waals surface area (Å²) in [6.07, 6.45) is -1.56. The molecule has 1 aromatic carbocycles. The maximum Gasteiger partial charge on any atom is 0.351 e. The highest BCUT2D eigenvalue weighted by Gasteiger charge is 2.36. The fraction of sp³-hybridized carbons (Fsp3) is 0.316. The van der Waals surface area contributed by atoms with Gasteiger partial charge in [0, 0.05) is 5.56 Å². The smallest absolute Gasteiger partial charge is 0.351 e. The Morgan fingerprint density at radius 2 is 1.93 bits per heavy atom. The molecule has 28 heavy (non-hydrogen) atoms. The van der Waals surface area contributed by atoms with Crippen molar-refractivity contribution in [3.63, 3.8) is 0 Å². The minimum absolute atomic E-state index is 0.0973. The van der Waals surface area contributed by atoms with Crippen LogP contribution in [-0.4, -0.2) is 30.8 Å². The molecule has 2 aromatic rings. The highest BCUT2D eigenvalue weighted by atomic mass is 32.1. The zero-order chi connectivity index (χ0) is 20.3. The summed E-state index contributed by atoms with van der Waals surface area (Å²) in [5.41, 5.74) is 6.14. The van der Waals surface area contributed by atoms with Gasteiger partial charge in [-0.25, -0.2) is 9.59 Å². The van der Waals surface area contributed by atoms with E-state index >= 15 is 0 Å². The van der Waals surface area contributed by atoms with Crippen LogP contribution in [0.25, 0.3) is 0 Å². The third-order valence-electron chi connectivity index (χ3n) is 4.04. The van der Waals surface area contributed by atoms with Gasteiger partial charge in [0.1, 0.15) is 28.7 Å². The van der Waals surface area contributed by atoms with Crippen LogP contribution in [0.1, 0.15) is 34.6 Å². The van der Waals surface area contributed by atoms with Gasteiger partial charge in [-0.05, 0) is 26.0 Å². The fourth-order valence-electron chi connectivity index (χ4n) is 2.71. The Morgan fingerprint density at radius 3 is 2.57 bits per heavy atom. The van der Waals surface area contributed by atoms with E-state index < -0.39 is 24.1 Å². The lowest BCUT2D eigenvalue weighted by molar-refractivity contribution is -0.159. The number of nitriles is 1. The van der Waals surface area contributed by atoms with Crippen molar-refractivity contribution in [2.45, 2.75) is 32.7 Å². The highest BCUT2D eigenvalue weighted by Crippen LogP contribution is 2.35. The Labute approximate surface area is 165 Å². The molecule has 0 fully saturated rings. The van der Waals surface area contributed by atoms with E-state index in [1.54, 1.807) is 38.1 Å². The number of benzene rings is 1. The zero-order valence-corrected chi connectivity index (χ0v) is 16.1. The largest absolute Gasteiger partial charge is 0.482 e. The molecule has 0 radical (unpaired) electrons. The molecule has 0 bridgehead atoms. The second kappa shape index (κ2) is 8.19. The van der Waals surface area contributed by atoms with E-state index in [9.17, 15) is 14.9 Å². The third kappa shape index (κ3) is 3.73. The van der Waals surface area contributed by atoms with Crippen molar-refractivity contribution in [1.29, 1.82) is 5.26 Å². The van der Waals surface area contributed by atoms with Crippen LogP contribution in [0, 0.1) is 11.3 Å². The van der Waals surface area contributed by atoms with Crippen molar-refractivity contribution in [3.05, 3.63) is 40.3 Å². The minimum Gasteiger partial charge on any atom is -0.482 e. The summed E-state index contributed by atoms with van der Waals surface area (Å²) in [4.78, 5) is 24.8. The molecule has 146 valence electrons. The Balaban J connectivity index is 1.76. The molecular formula is C19H18N2O6S. The van der Waals surface area contributed by atoms with Crippen molar-refractivity contribution in [3.8, 4) is 17.6 Å². The normalized spacial score (nSPS) is 17.5. The Kier molecular flexibility index (Phi) is 5.70. The number of ether oxygens (including phenoxy) is 4. The average Bonchev–Trinajstić information content (AvgIpc) is 3.01. The van der Waals surface area contributed by atoms with E-state index in [0.29, 0.717) is 11.5 Å². The maximum atomic E-state index is 12.6. The van der Waals surface area contributed by atoms with Crippen LogP contribution in [0.3, 0.4) is 0 Å². The predicted octanol–water partition coefficient (Wildman–Crippen LogP) is 2.65. The van der Waals surface area contributed by atoms with Crippen LogP contribution in [0.5, 0.6) is 11.5 Å². The molecule has 2 heterocycles. The summed E-state index contributed by atoms with van der Waals surface area (Å²) >= 11 is 0.926. The van der Waals surface area contributed by atoms with E-state index in [0.717, 1.165) is 11.3 Å². The number of carbonyl (C=O) groups is 2. The van der Waals surface area contributed by atoms with Gasteiger partial charge in [-0.2, -0.15) is 5.26 Å². The lowest BCUT2D eigenvalue weighted by Gasteiger charge is -2.30. The van der Waals surface area contributed by atoms with Gasteiger partial charge >= 0.3 is 11.9 Å². The number of thiophene rings is 1. The fourth-order valence-corrected chi connectivity index (χ4v) is 3.63. The molecule has 0 saturated carbocycles. The van der Waals surface area contributed by atoms with Crippen LogP contribution in [-0.2, 0) is 20.9 Å². The molecule has 0 spiro atoms. The summed E-state index contributed by atoms with van der Waals surface area (Å²) in [7, 11) is 0. The van der Waals surface area contributed by atoms with Crippen LogP contribution < -0.4 is 15.2 Å². The molecule has 0 amide bonds. The van der Waals surface area contributed by atoms with Crippen molar-refractivity contribution < 1.29 is 28.5 Å². The number of nitrogen functional groups attached to an aromatic ring is 1. The molecule has 1 aromatic heterocycles. The Bertz CT molecular complexity index is 948. The van der Waals surface area contributed by atoms with Gasteiger partial charge in [-0.3, -0.25) is 0 Å². The first kappa shape index (κ1) is 19.5. The number of carbonyl (C=O) groups excluding carboxylic acids is 2. The Morgan fingerprint density at radius 1 is 1.25 bits per heavy atom. The van der Waals surface area contributed by atoms with Gasteiger partial charge in [0.25, 0.3) is 0 Å². The van der Waals surface area contributed by atoms with Gasteiger partial charge in [-0.15, -0.1) is 11.3 Å². The second-order valence-corrected chi connectivity index (χ2v) is 6.95. The number of hydrogen-bond donors (Lipinski definition) is 1. The van der Waals surface area contributed by atoms with Crippen LogP contribution in [0.4, 0.5) is 5.00 Å². The highest BCUT2D eigenvalue weighted by molar-refractivity contribution is 7.18. The van der Waals surface area contributed by atoms with Crippen molar-refractivity contribution in [2.75, 3.05) is 12.3 Å². The number of nitrogens with two attached hydrogens (primary N) is 1. The van der Waals surface area contributed by atoms with Crippen LogP contribution in [0.2, 0.25) is 0 Å². The molecule has 1 aliphatic heterocycles. The predicted molar refractivity (Wildman–Crippen MR) is 100 cm³/mol. The first-order valence-electron chi connectivity index (χ1n) is 8.53. The Hall–Kier alpha value is -3.25. The van der Waals surface area contributed by atoms with Gasteiger partial charge in [-0.1, -0.05) is 12.1 Å². The van der Waals surface area contributed by atoms with Crippen molar-refractivity contribution in [2.24, 2.45) is 0 Å². The van der Waals surface area contributed by atoms with Gasteiger partial charge in [0.15, 0.2) is 11.5 Å². The number of hydrogen-bond acceptors (Lipinski definition) is 9. The number of anilines is 1. The van der Waals surface area contributed by atoms with Crippen molar-refractivity contribution >= 4 is 28.3 Å². The number of fused-ring (bicyclic) bond motifs is 1. The molecule has 3 rings (SSSR count). The summed E-state index contributed by atoms with van der Waals surface area (Å²) in [5, 5.41) is 9.49. The number of esters is 2.